The fraction of sp³-hybridized carbons (Fsp3) is 0.286. The monoisotopic (exact) mass is 285 g/mol. The first-order valence-corrected chi connectivity index (χ1v) is 6.51. The van der Waals surface area contributed by atoms with Gasteiger partial charge in [0, 0.05) is 12.4 Å². The van der Waals surface area contributed by atoms with Crippen molar-refractivity contribution in [3.05, 3.63) is 35.0 Å². The van der Waals surface area contributed by atoms with Crippen molar-refractivity contribution < 1.29 is 9.32 Å². The second-order valence-electron chi connectivity index (χ2n) is 4.96. The first kappa shape index (κ1) is 13.3. The molecule has 108 valence electrons. The highest BCUT2D eigenvalue weighted by atomic mass is 16.5. The van der Waals surface area contributed by atoms with Crippen LogP contribution in [0.4, 0.5) is 5.69 Å². The molecule has 0 aliphatic heterocycles. The summed E-state index contributed by atoms with van der Waals surface area (Å²) in [5.41, 5.74) is 3.29. The third-order valence-corrected chi connectivity index (χ3v) is 3.38. The number of aryl methyl sites for hydroxylation is 4. The quantitative estimate of drug-likeness (QED) is 0.779. The summed E-state index contributed by atoms with van der Waals surface area (Å²) < 4.78 is 6.72. The molecular formula is C14H15N5O2. The van der Waals surface area contributed by atoms with E-state index in [1.807, 2.05) is 20.0 Å². The summed E-state index contributed by atoms with van der Waals surface area (Å²) >= 11 is 0. The number of amides is 1. The Morgan fingerprint density at radius 1 is 1.29 bits per heavy atom. The van der Waals surface area contributed by atoms with Crippen LogP contribution in [0.1, 0.15) is 27.5 Å². The number of nitrogens with one attached hydrogen (secondary N) is 1. The van der Waals surface area contributed by atoms with Crippen LogP contribution in [-0.2, 0) is 7.05 Å². The van der Waals surface area contributed by atoms with Crippen molar-refractivity contribution in [3.63, 3.8) is 0 Å². The standard InChI is InChI=1S/C14H15N5O2/c1-7-11-5-10(6-15-13(11)19(4)17-7)16-14(20)12-8(2)18-21-9(12)3/h5-6H,1-4H3,(H,16,20). The van der Waals surface area contributed by atoms with Gasteiger partial charge < -0.3 is 9.84 Å². The lowest BCUT2D eigenvalue weighted by Gasteiger charge is -2.04. The predicted octanol–water partition coefficient (Wildman–Crippen LogP) is 2.13. The Morgan fingerprint density at radius 3 is 2.71 bits per heavy atom. The van der Waals surface area contributed by atoms with Gasteiger partial charge in [0.2, 0.25) is 0 Å². The zero-order valence-corrected chi connectivity index (χ0v) is 12.3. The highest BCUT2D eigenvalue weighted by Gasteiger charge is 2.18. The van der Waals surface area contributed by atoms with Crippen molar-refractivity contribution in [2.24, 2.45) is 7.05 Å². The van der Waals surface area contributed by atoms with Gasteiger partial charge in [-0.3, -0.25) is 9.48 Å². The first-order chi connectivity index (χ1) is 9.97. The van der Waals surface area contributed by atoms with Crippen LogP contribution in [-0.4, -0.2) is 25.8 Å². The van der Waals surface area contributed by atoms with E-state index in [2.05, 4.69) is 20.6 Å². The lowest BCUT2D eigenvalue weighted by Crippen LogP contribution is -2.13. The van der Waals surface area contributed by atoms with E-state index >= 15 is 0 Å². The topological polar surface area (TPSA) is 85.8 Å². The molecule has 0 radical (unpaired) electrons. The van der Waals surface area contributed by atoms with Gasteiger partial charge in [0.05, 0.1) is 23.3 Å². The molecule has 0 atom stereocenters. The van der Waals surface area contributed by atoms with Crippen molar-refractivity contribution in [2.75, 3.05) is 5.32 Å². The van der Waals surface area contributed by atoms with Crippen molar-refractivity contribution >= 4 is 22.6 Å². The van der Waals surface area contributed by atoms with Gasteiger partial charge in [-0.15, -0.1) is 0 Å². The number of carbonyl (C=O) groups excluding carboxylic acids is 1. The van der Waals surface area contributed by atoms with Gasteiger partial charge >= 0.3 is 0 Å². The molecule has 3 aromatic rings. The molecule has 0 saturated heterocycles. The Morgan fingerprint density at radius 2 is 2.05 bits per heavy atom. The number of hydrogen-bond acceptors (Lipinski definition) is 5. The average Bonchev–Trinajstić information content (AvgIpc) is 2.90. The molecule has 21 heavy (non-hydrogen) atoms. The number of rotatable bonds is 2. The minimum Gasteiger partial charge on any atom is -0.361 e. The van der Waals surface area contributed by atoms with Gasteiger partial charge in [-0.25, -0.2) is 4.98 Å². The van der Waals surface area contributed by atoms with Gasteiger partial charge in [0.1, 0.15) is 11.3 Å². The fourth-order valence-corrected chi connectivity index (χ4v) is 2.38. The molecule has 0 spiro atoms. The SMILES string of the molecule is Cc1noc(C)c1C(=O)Nc1cnc2c(c1)c(C)nn2C. The van der Waals surface area contributed by atoms with E-state index in [0.717, 1.165) is 16.7 Å². The minimum absolute atomic E-state index is 0.256. The molecule has 3 aromatic heterocycles. The van der Waals surface area contributed by atoms with Crippen LogP contribution in [0.3, 0.4) is 0 Å². The van der Waals surface area contributed by atoms with Crippen LogP contribution < -0.4 is 5.32 Å². The number of anilines is 1. The normalized spacial score (nSPS) is 11.0. The molecule has 1 amide bonds. The maximum atomic E-state index is 12.3. The van der Waals surface area contributed by atoms with Gasteiger partial charge in [0.15, 0.2) is 5.65 Å². The zero-order chi connectivity index (χ0) is 15.1. The smallest absolute Gasteiger partial charge is 0.261 e. The second-order valence-corrected chi connectivity index (χ2v) is 4.96. The van der Waals surface area contributed by atoms with E-state index in [4.69, 9.17) is 4.52 Å². The summed E-state index contributed by atoms with van der Waals surface area (Å²) in [7, 11) is 1.84. The Bertz CT molecular complexity index is 827. The molecule has 0 aromatic carbocycles. The molecule has 0 bridgehead atoms. The van der Waals surface area contributed by atoms with E-state index in [1.165, 1.54) is 0 Å². The predicted molar refractivity (Wildman–Crippen MR) is 77.2 cm³/mol. The highest BCUT2D eigenvalue weighted by molar-refractivity contribution is 6.06. The maximum absolute atomic E-state index is 12.3. The average molecular weight is 285 g/mol. The summed E-state index contributed by atoms with van der Waals surface area (Å²) in [6.07, 6.45) is 1.61. The lowest BCUT2D eigenvalue weighted by molar-refractivity contribution is 0.102. The number of pyridine rings is 1. The number of aromatic nitrogens is 4. The van der Waals surface area contributed by atoms with Crippen molar-refractivity contribution in [1.29, 1.82) is 0 Å². The third-order valence-electron chi connectivity index (χ3n) is 3.38. The molecule has 1 N–H and O–H groups in total. The lowest BCUT2D eigenvalue weighted by atomic mass is 10.2. The molecule has 0 aliphatic rings. The summed E-state index contributed by atoms with van der Waals surface area (Å²) in [6.45, 7) is 5.35. The van der Waals surface area contributed by atoms with E-state index in [1.54, 1.807) is 24.7 Å². The van der Waals surface area contributed by atoms with Gasteiger partial charge in [0.25, 0.3) is 5.91 Å². The van der Waals surface area contributed by atoms with Crippen LogP contribution >= 0.6 is 0 Å². The zero-order valence-electron chi connectivity index (χ0n) is 12.3. The summed E-state index contributed by atoms with van der Waals surface area (Å²) in [5.74, 6) is 0.241. The number of nitrogens with zero attached hydrogens (tertiary/aromatic N) is 4. The van der Waals surface area contributed by atoms with E-state index in [0.29, 0.717) is 22.7 Å². The third kappa shape index (κ3) is 2.16. The van der Waals surface area contributed by atoms with Crippen molar-refractivity contribution in [2.45, 2.75) is 20.8 Å². The Balaban J connectivity index is 1.95. The first-order valence-electron chi connectivity index (χ1n) is 6.51. The van der Waals surface area contributed by atoms with Crippen molar-refractivity contribution in [1.82, 2.24) is 19.9 Å². The Kier molecular flexibility index (Phi) is 2.97. The molecule has 7 nitrogen and oxygen atoms in total. The van der Waals surface area contributed by atoms with E-state index in [-0.39, 0.29) is 5.91 Å². The molecule has 0 saturated carbocycles. The van der Waals surface area contributed by atoms with Gasteiger partial charge in [-0.05, 0) is 26.8 Å². The van der Waals surface area contributed by atoms with Crippen LogP contribution in [0, 0.1) is 20.8 Å². The fourth-order valence-electron chi connectivity index (χ4n) is 2.38. The summed E-state index contributed by atoms with van der Waals surface area (Å²) in [6, 6.07) is 1.86. The van der Waals surface area contributed by atoms with Crippen LogP contribution in [0.5, 0.6) is 0 Å². The minimum atomic E-state index is -0.256. The van der Waals surface area contributed by atoms with Crippen LogP contribution in [0.2, 0.25) is 0 Å². The van der Waals surface area contributed by atoms with Gasteiger partial charge in [-0.1, -0.05) is 5.16 Å². The molecule has 0 aliphatic carbocycles. The highest BCUT2D eigenvalue weighted by Crippen LogP contribution is 2.20. The molecule has 0 unspecified atom stereocenters. The van der Waals surface area contributed by atoms with Crippen LogP contribution in [0.15, 0.2) is 16.8 Å². The maximum Gasteiger partial charge on any atom is 0.261 e. The molecule has 0 fully saturated rings. The summed E-state index contributed by atoms with van der Waals surface area (Å²) in [4.78, 5) is 16.6. The van der Waals surface area contributed by atoms with E-state index in [9.17, 15) is 4.79 Å². The molecule has 7 heteroatoms. The van der Waals surface area contributed by atoms with Crippen LogP contribution in [0.25, 0.3) is 11.0 Å². The Labute approximate surface area is 120 Å². The number of fused-ring (bicyclic) bond motifs is 1. The van der Waals surface area contributed by atoms with Crippen molar-refractivity contribution in [3.8, 4) is 0 Å². The molecule has 3 rings (SSSR count). The number of hydrogen-bond donors (Lipinski definition) is 1. The van der Waals surface area contributed by atoms with E-state index < -0.39 is 0 Å². The Hall–Kier alpha value is -2.70. The molecular weight excluding hydrogens is 270 g/mol. The number of carbonyl (C=O) groups is 1. The second kappa shape index (κ2) is 4.69. The summed E-state index contributed by atoms with van der Waals surface area (Å²) in [5, 5.41) is 11.8. The molecule has 3 heterocycles. The largest absolute Gasteiger partial charge is 0.361 e. The van der Waals surface area contributed by atoms with Gasteiger partial charge in [-0.2, -0.15) is 5.10 Å².